The summed E-state index contributed by atoms with van der Waals surface area (Å²) >= 11 is 0. The highest BCUT2D eigenvalue weighted by Gasteiger charge is 2.45. The zero-order chi connectivity index (χ0) is 22.1. The lowest BCUT2D eigenvalue weighted by Gasteiger charge is -2.39. The number of carbonyl (C=O) groups is 2. The van der Waals surface area contributed by atoms with Gasteiger partial charge in [0.2, 0.25) is 7.29 Å². The van der Waals surface area contributed by atoms with Gasteiger partial charge in [0.15, 0.2) is 0 Å². The second-order valence-corrected chi connectivity index (χ2v) is 10.9. The lowest BCUT2D eigenvalue weighted by molar-refractivity contribution is 0.0517. The Morgan fingerprint density at radius 1 is 0.688 bits per heavy atom. The van der Waals surface area contributed by atoms with E-state index in [0.29, 0.717) is 17.5 Å². The van der Waals surface area contributed by atoms with E-state index >= 15 is 0 Å². The van der Waals surface area contributed by atoms with Crippen molar-refractivity contribution in [2.75, 3.05) is 0 Å². The van der Waals surface area contributed by atoms with Gasteiger partial charge in [-0.15, -0.1) is 0 Å². The quantitative estimate of drug-likeness (QED) is 0.475. The maximum atomic E-state index is 14.5. The normalized spacial score (nSPS) is 20.9. The Kier molecular flexibility index (Phi) is 5.54. The lowest BCUT2D eigenvalue weighted by atomic mass is 9.90. The van der Waals surface area contributed by atoms with Crippen LogP contribution < -0.4 is 15.7 Å². The van der Waals surface area contributed by atoms with Crippen molar-refractivity contribution < 1.29 is 14.2 Å². The second-order valence-electron chi connectivity index (χ2n) is 8.39. The summed E-state index contributed by atoms with van der Waals surface area (Å²) in [6.07, 6.45) is 3.34. The molecule has 0 spiro atoms. The fourth-order valence-corrected chi connectivity index (χ4v) is 7.44. The summed E-state index contributed by atoms with van der Waals surface area (Å²) in [7, 11) is -3.18. The first-order valence-corrected chi connectivity index (χ1v) is 12.8. The van der Waals surface area contributed by atoms with Gasteiger partial charge in [0.05, 0.1) is 17.2 Å². The van der Waals surface area contributed by atoms with Crippen molar-refractivity contribution in [2.45, 2.75) is 37.8 Å². The molecular weight excluding hydrogens is 419 g/mol. The predicted molar refractivity (Wildman–Crippen MR) is 126 cm³/mol. The third kappa shape index (κ3) is 3.52. The number of benzene rings is 3. The van der Waals surface area contributed by atoms with Gasteiger partial charge < -0.3 is 0 Å². The van der Waals surface area contributed by atoms with Crippen LogP contribution in [-0.2, 0) is 4.57 Å². The van der Waals surface area contributed by atoms with Gasteiger partial charge in [-0.3, -0.25) is 24.1 Å². The molecule has 5 rings (SSSR count). The average Bonchev–Trinajstić information content (AvgIpc) is 3.10. The SMILES string of the molecule is O=C1c2ccccc2C(=O)N1[C@@H]1CCCC[C@H]1NP(=O)(c1ccccc1)c1ccccc1. The van der Waals surface area contributed by atoms with Gasteiger partial charge in [-0.1, -0.05) is 61.4 Å². The Balaban J connectivity index is 1.52. The maximum absolute atomic E-state index is 14.5. The van der Waals surface area contributed by atoms with Crippen molar-refractivity contribution in [1.29, 1.82) is 0 Å². The lowest BCUT2D eigenvalue weighted by Crippen LogP contribution is -2.54. The number of hydrogen-bond acceptors (Lipinski definition) is 3. The van der Waals surface area contributed by atoms with E-state index < -0.39 is 7.29 Å². The molecule has 2 aliphatic rings. The molecule has 0 saturated heterocycles. The predicted octanol–water partition coefficient (Wildman–Crippen LogP) is 4.11. The highest BCUT2D eigenvalue weighted by molar-refractivity contribution is 7.76. The van der Waals surface area contributed by atoms with Crippen LogP contribution in [0.15, 0.2) is 84.9 Å². The Morgan fingerprint density at radius 2 is 1.16 bits per heavy atom. The first kappa shape index (κ1) is 20.9. The van der Waals surface area contributed by atoms with E-state index in [9.17, 15) is 14.2 Å². The van der Waals surface area contributed by atoms with Gasteiger partial charge in [0, 0.05) is 16.7 Å². The maximum Gasteiger partial charge on any atom is 0.261 e. The van der Waals surface area contributed by atoms with Crippen LogP contribution in [0.1, 0.15) is 46.4 Å². The number of hydrogen-bond donors (Lipinski definition) is 1. The van der Waals surface area contributed by atoms with Crippen molar-refractivity contribution in [3.8, 4) is 0 Å². The summed E-state index contributed by atoms with van der Waals surface area (Å²) in [5.41, 5.74) is 0.909. The molecule has 0 radical (unpaired) electrons. The van der Waals surface area contributed by atoms with Crippen molar-refractivity contribution in [3.63, 3.8) is 0 Å². The van der Waals surface area contributed by atoms with E-state index in [-0.39, 0.29) is 23.9 Å². The number of nitrogens with zero attached hydrogens (tertiary/aromatic N) is 1. The van der Waals surface area contributed by atoms with Crippen LogP contribution in [0.2, 0.25) is 0 Å². The summed E-state index contributed by atoms with van der Waals surface area (Å²) in [6.45, 7) is 0. The molecule has 0 aromatic heterocycles. The molecule has 3 aromatic carbocycles. The summed E-state index contributed by atoms with van der Waals surface area (Å²) in [5, 5.41) is 4.91. The van der Waals surface area contributed by atoms with Crippen LogP contribution in [0.5, 0.6) is 0 Å². The molecule has 1 fully saturated rings. The molecule has 1 saturated carbocycles. The van der Waals surface area contributed by atoms with Crippen LogP contribution in [0.25, 0.3) is 0 Å². The standard InChI is InChI=1S/C26H25N2O3P/c29-25-21-15-7-8-16-22(21)26(30)28(25)24-18-10-9-17-23(24)27-32(31,19-11-3-1-4-12-19)20-13-5-2-6-14-20/h1-8,11-16,23-24H,9-10,17-18H2,(H,27,31)/t23-,24-/m1/s1. The topological polar surface area (TPSA) is 66.5 Å². The van der Waals surface area contributed by atoms with E-state index in [2.05, 4.69) is 5.09 Å². The molecule has 1 N–H and O–H groups in total. The Labute approximate surface area is 187 Å². The third-order valence-electron chi connectivity index (χ3n) is 6.47. The molecule has 162 valence electrons. The zero-order valence-corrected chi connectivity index (χ0v) is 18.6. The van der Waals surface area contributed by atoms with Gasteiger partial charge in [0.1, 0.15) is 0 Å². The van der Waals surface area contributed by atoms with Gasteiger partial charge in [-0.2, -0.15) is 0 Å². The molecule has 0 unspecified atom stereocenters. The monoisotopic (exact) mass is 444 g/mol. The molecule has 2 amide bonds. The van der Waals surface area contributed by atoms with Gasteiger partial charge in [-0.05, 0) is 49.2 Å². The van der Waals surface area contributed by atoms with Crippen LogP contribution in [-0.4, -0.2) is 28.8 Å². The van der Waals surface area contributed by atoms with Crippen LogP contribution >= 0.6 is 7.29 Å². The first-order chi connectivity index (χ1) is 15.6. The summed E-state index contributed by atoms with van der Waals surface area (Å²) in [5.74, 6) is -0.503. The Bertz CT molecular complexity index is 1120. The number of carbonyl (C=O) groups excluding carboxylic acids is 2. The van der Waals surface area contributed by atoms with E-state index in [0.717, 1.165) is 29.9 Å². The number of nitrogens with one attached hydrogen (secondary N) is 1. The summed E-state index contributed by atoms with van der Waals surface area (Å²) in [4.78, 5) is 27.7. The van der Waals surface area contributed by atoms with Crippen molar-refractivity contribution in [1.82, 2.24) is 9.99 Å². The number of imide groups is 1. The fourth-order valence-electron chi connectivity index (χ4n) is 4.89. The molecule has 1 aliphatic carbocycles. The van der Waals surface area contributed by atoms with E-state index in [1.807, 2.05) is 60.7 Å². The van der Waals surface area contributed by atoms with E-state index in [1.54, 1.807) is 24.3 Å². The largest absolute Gasteiger partial charge is 0.297 e. The number of fused-ring (bicyclic) bond motifs is 1. The number of amides is 2. The minimum absolute atomic E-state index is 0.251. The second kappa shape index (κ2) is 8.50. The van der Waals surface area contributed by atoms with Gasteiger partial charge in [-0.25, -0.2) is 0 Å². The molecule has 2 atom stereocenters. The molecule has 5 nitrogen and oxygen atoms in total. The molecule has 32 heavy (non-hydrogen) atoms. The minimum Gasteiger partial charge on any atom is -0.297 e. The van der Waals surface area contributed by atoms with Crippen molar-refractivity contribution in [3.05, 3.63) is 96.1 Å². The molecule has 6 heteroatoms. The van der Waals surface area contributed by atoms with E-state index in [1.165, 1.54) is 4.90 Å². The zero-order valence-electron chi connectivity index (χ0n) is 17.7. The molecule has 1 aliphatic heterocycles. The first-order valence-electron chi connectivity index (χ1n) is 11.1. The summed E-state index contributed by atoms with van der Waals surface area (Å²) in [6, 6.07) is 25.2. The van der Waals surface area contributed by atoms with Crippen molar-refractivity contribution >= 4 is 29.7 Å². The van der Waals surface area contributed by atoms with Crippen LogP contribution in [0.4, 0.5) is 0 Å². The molecular formula is C26H25N2O3P. The highest BCUT2D eigenvalue weighted by Crippen LogP contribution is 2.42. The van der Waals surface area contributed by atoms with Crippen molar-refractivity contribution in [2.24, 2.45) is 0 Å². The van der Waals surface area contributed by atoms with Gasteiger partial charge >= 0.3 is 0 Å². The highest BCUT2D eigenvalue weighted by atomic mass is 31.2. The van der Waals surface area contributed by atoms with Gasteiger partial charge in [0.25, 0.3) is 11.8 Å². The smallest absolute Gasteiger partial charge is 0.261 e. The molecule has 0 bridgehead atoms. The average molecular weight is 444 g/mol. The van der Waals surface area contributed by atoms with Crippen LogP contribution in [0, 0.1) is 0 Å². The molecule has 1 heterocycles. The fraction of sp³-hybridized carbons (Fsp3) is 0.231. The summed E-state index contributed by atoms with van der Waals surface area (Å²) < 4.78 is 14.5. The minimum atomic E-state index is -3.18. The van der Waals surface area contributed by atoms with E-state index in [4.69, 9.17) is 0 Å². The Morgan fingerprint density at radius 3 is 1.69 bits per heavy atom. The Hall–Kier alpha value is -3.01. The third-order valence-corrected chi connectivity index (χ3v) is 9.22. The number of rotatable bonds is 5. The molecule has 3 aromatic rings. The van der Waals surface area contributed by atoms with Crippen LogP contribution in [0.3, 0.4) is 0 Å².